The molecule has 5 aliphatic heterocycles. The van der Waals surface area contributed by atoms with Gasteiger partial charge in [0.2, 0.25) is 0 Å². The fourth-order valence-electron chi connectivity index (χ4n) is 10.3. The van der Waals surface area contributed by atoms with Crippen molar-refractivity contribution in [2.75, 3.05) is 33.0 Å². The van der Waals surface area contributed by atoms with Gasteiger partial charge >= 0.3 is 164 Å². The minimum atomic E-state index is -7.10. The molecule has 120 heavy (non-hydrogen) atoms. The zero-order valence-corrected chi connectivity index (χ0v) is 68.6. The minimum absolute atomic E-state index is 2.05. The second-order valence-electron chi connectivity index (χ2n) is 22.1. The van der Waals surface area contributed by atoms with Crippen LogP contribution in [0, 0.1) is 0 Å². The van der Waals surface area contributed by atoms with Crippen LogP contribution in [0.5, 0.6) is 0 Å². The molecule has 18 N–H and O–H groups in total. The first-order valence-corrected chi connectivity index (χ1v) is 50.3. The predicted octanol–water partition coefficient (Wildman–Crippen LogP) is -14.4. The summed E-state index contributed by atoms with van der Waals surface area (Å²) in [4.78, 5) is 19.1. The second kappa shape index (κ2) is 39.6. The molecule has 0 spiro atoms. The molecular weight excluding hydrogens is 2060 g/mol. The smallest absolute Gasteiger partial charge is 0.366 e. The Bertz CT molecular complexity index is 5480. The van der Waals surface area contributed by atoms with Crippen LogP contribution in [-0.2, 0) is 270 Å². The molecule has 0 amide bonds. The van der Waals surface area contributed by atoms with Gasteiger partial charge in [-0.1, -0.05) is 0 Å². The van der Waals surface area contributed by atoms with Crippen molar-refractivity contribution in [3.05, 3.63) is 0 Å². The number of phosphoric acid groups is 1. The molecule has 5 heterocycles. The molecule has 5 aliphatic rings. The van der Waals surface area contributed by atoms with Crippen LogP contribution >= 0.6 is 7.82 Å². The van der Waals surface area contributed by atoms with Crippen molar-refractivity contribution in [3.63, 3.8) is 0 Å². The molecule has 5 rings (SSSR count). The van der Waals surface area contributed by atoms with E-state index >= 15 is 0 Å². The van der Waals surface area contributed by atoms with Crippen molar-refractivity contribution >= 4 is 164 Å². The highest BCUT2D eigenvalue weighted by atomic mass is 32.3. The molecule has 74 nitrogen and oxygen atoms in total. The van der Waals surface area contributed by atoms with E-state index in [0.717, 1.165) is 0 Å². The summed E-state index contributed by atoms with van der Waals surface area (Å²) in [6.07, 6.45) is -96.1. The highest BCUT2D eigenvalue weighted by Crippen LogP contribution is 2.44. The van der Waals surface area contributed by atoms with Gasteiger partial charge in [-0.3, -0.25) is 72.8 Å². The van der Waals surface area contributed by atoms with Gasteiger partial charge in [0.1, 0.15) is 97.7 Å². The number of rotatable bonds is 45. The van der Waals surface area contributed by atoms with Crippen molar-refractivity contribution in [2.45, 2.75) is 154 Å². The molecule has 5 saturated heterocycles. The lowest BCUT2D eigenvalue weighted by molar-refractivity contribution is -0.386. The quantitative estimate of drug-likeness (QED) is 0.0199. The lowest BCUT2D eigenvalue weighted by Gasteiger charge is -2.51. The van der Waals surface area contributed by atoms with Crippen molar-refractivity contribution in [1.29, 1.82) is 0 Å². The minimum Gasteiger partial charge on any atom is -0.366 e. The lowest BCUT2D eigenvalue weighted by Crippen LogP contribution is -2.70. The summed E-state index contributed by atoms with van der Waals surface area (Å²) in [6.45, 7) is -11.9. The van der Waals surface area contributed by atoms with Crippen LogP contribution < -0.4 is 0 Å². The normalized spacial score (nSPS) is 33.4. The van der Waals surface area contributed by atoms with Gasteiger partial charge in [-0.05, 0) is 0 Å². The molecule has 0 aromatic rings. The van der Waals surface area contributed by atoms with E-state index in [9.17, 15) is 214 Å². The van der Waals surface area contributed by atoms with Gasteiger partial charge in [-0.15, -0.1) is 0 Å². The maximum absolute atomic E-state index is 13.3. The van der Waals surface area contributed by atoms with Crippen LogP contribution in [0.2, 0.25) is 0 Å². The Hall–Kier alpha value is -2.24. The zero-order chi connectivity index (χ0) is 92.6. The number of ether oxygens (including phenoxy) is 9. The Labute approximate surface area is 670 Å². The summed E-state index contributed by atoms with van der Waals surface area (Å²) in [5.74, 6) is 0. The monoisotopic (exact) mass is 2110 g/mol. The third-order valence-electron chi connectivity index (χ3n) is 13.6. The highest BCUT2D eigenvalue weighted by Gasteiger charge is 2.65. The molecule has 712 valence electrons. The summed E-state index contributed by atoms with van der Waals surface area (Å²) in [5.41, 5.74) is 0. The molecule has 0 aromatic carbocycles. The summed E-state index contributed by atoms with van der Waals surface area (Å²) >= 11 is 0. The molecule has 25 atom stereocenters. The molecule has 0 bridgehead atoms. The average Bonchev–Trinajstić information content (AvgIpc) is 0.748. The highest BCUT2D eigenvalue weighted by molar-refractivity contribution is 7.84. The van der Waals surface area contributed by atoms with Gasteiger partial charge in [0.25, 0.3) is 0 Å². The third kappa shape index (κ3) is 38.6. The van der Waals surface area contributed by atoms with E-state index in [2.05, 4.69) is 67.3 Å². The first-order chi connectivity index (χ1) is 53.3. The first-order valence-electron chi connectivity index (χ1n) is 28.2. The number of phosphoric ester groups is 1. The van der Waals surface area contributed by atoms with Crippen LogP contribution in [0.4, 0.5) is 0 Å². The molecule has 0 aliphatic carbocycles. The van der Waals surface area contributed by atoms with Crippen LogP contribution in [0.15, 0.2) is 0 Å². The molecule has 0 unspecified atom stereocenters. The Morgan fingerprint density at radius 1 is 0.208 bits per heavy atom. The van der Waals surface area contributed by atoms with Crippen molar-refractivity contribution < 1.29 is 324 Å². The van der Waals surface area contributed by atoms with Gasteiger partial charge in [0.05, 0.1) is 33.0 Å². The summed E-state index contributed by atoms with van der Waals surface area (Å²) in [5, 5.41) is 11.3. The number of hydrogen-bond donors (Lipinski definition) is 18. The van der Waals surface area contributed by atoms with Crippen molar-refractivity contribution in [3.8, 4) is 0 Å². The number of aliphatic hydroxyl groups is 1. The van der Waals surface area contributed by atoms with E-state index in [-0.39, 0.29) is 0 Å². The van der Waals surface area contributed by atoms with E-state index < -0.39 is 350 Å². The standard InChI is InChI=1S/C30H53O74PS15/c31-26-21(19(99-115(62,63)64)15(98-114(59,60)61)7(85-26)2-81-106(35,36)37)93-29-24(103-119(74,75)76)18(13(96-112(53,54)55)10(89-29)5-84-109(44,45)46)91-27-22(101-117(68,69)70)16(11(94-110(47,48)49)8(87-27)3-82-107(38,39)40)90-28-23(102-118(71,72)73)17(12(95-111(50,51)52)9(88-28)4-83-108(41,42)43)92-30-25(104-120(77,78)79)20(100-116(65,66)67)14(97-113(56,57)58)6(86-30)1-80-105(32,33)34/h6-31H,1-5H2,(H2,32,33,34)(H,35,36,37)(H,38,39,40)(H,41,42,43)(H,44,45,46)(H,47,48,49)(H,50,51,52)(H,53,54,55)(H,56,57,58)(H,59,60,61)(H,62,63,64)(H,65,66,67)(H,68,69,70)(H,71,72,73)(H,74,75,76)(H,77,78,79)/t6-,7-,8-,9-,10-,11-,12-,13-,14-,15-,16+,17+,18+,19+,20+,21+,22+,23+,24+,25+,26+,27-,28-,29-,30-/m1/s1. The van der Waals surface area contributed by atoms with Crippen molar-refractivity contribution in [1.82, 2.24) is 0 Å². The Morgan fingerprint density at radius 3 is 0.567 bits per heavy atom. The molecular formula is C30H53O74PS15. The van der Waals surface area contributed by atoms with E-state index in [1.54, 1.807) is 0 Å². The number of hydrogen-bond acceptors (Lipinski definition) is 57. The fourth-order valence-corrected chi connectivity index (χ4v) is 17.3. The van der Waals surface area contributed by atoms with E-state index in [1.165, 1.54) is 0 Å². The Morgan fingerprint density at radius 2 is 0.367 bits per heavy atom. The molecule has 90 heteroatoms. The predicted molar refractivity (Wildman–Crippen MR) is 334 cm³/mol. The van der Waals surface area contributed by atoms with E-state index in [0.29, 0.717) is 0 Å². The summed E-state index contributed by atoms with van der Waals surface area (Å²) < 4.78 is 651. The van der Waals surface area contributed by atoms with Gasteiger partial charge in [-0.2, -0.15) is 126 Å². The maximum atomic E-state index is 13.3. The van der Waals surface area contributed by atoms with E-state index in [1.807, 2.05) is 0 Å². The van der Waals surface area contributed by atoms with Crippen LogP contribution in [0.25, 0.3) is 0 Å². The van der Waals surface area contributed by atoms with Crippen LogP contribution in [0.3, 0.4) is 0 Å². The van der Waals surface area contributed by atoms with Gasteiger partial charge < -0.3 is 57.5 Å². The number of aliphatic hydroxyl groups excluding tert-OH is 1. The largest absolute Gasteiger partial charge is 0.469 e. The summed E-state index contributed by atoms with van der Waals surface area (Å²) in [6, 6.07) is 0. The zero-order valence-electron chi connectivity index (χ0n) is 55.5. The maximum Gasteiger partial charge on any atom is 0.469 e. The van der Waals surface area contributed by atoms with Gasteiger partial charge in [0.15, 0.2) is 55.9 Å². The SMILES string of the molecule is O=P(O)(O)OC[C@H]1O[C@H](O[C@@H]2[C@H](OS(=O)(=O)O)[C@@H](O[C@@H]3[C@H](OS(=O)(=O)O)[C@@H](O[C@@H]4[C@H](OS(=O)(=O)O)[C@@H](O[C@H]5[C@@H](OS(=O)(=O)O)[C@H](OS(=O)(=O)O)[C@@H](COS(=O)(=O)O)O[C@@H]5O)O[C@H](COS(=O)(=O)O)[C@H]4OS(=O)(=O)O)O[C@H](COS(=O)(=O)O)[C@H]3OS(=O)(=O)O)O[C@H](COS(=O)(=O)O)[C@H]2OS(=O)(=O)O)[C@@H](OS(=O)(=O)O)[C@@H](OS(=O)(=O)O)[C@@H]1OS(=O)(=O)O. The van der Waals surface area contributed by atoms with Crippen LogP contribution in [0.1, 0.15) is 0 Å². The van der Waals surface area contributed by atoms with Crippen LogP contribution in [-0.4, -0.2) is 396 Å². The van der Waals surface area contributed by atoms with Crippen molar-refractivity contribution in [2.24, 2.45) is 0 Å². The van der Waals surface area contributed by atoms with E-state index in [4.69, 9.17) is 42.6 Å². The Kier molecular flexibility index (Phi) is 35.7. The fraction of sp³-hybridized carbons (Fsp3) is 1.00. The lowest BCUT2D eigenvalue weighted by atomic mass is 9.95. The topological polar surface area (TPSA) is 1120 Å². The second-order valence-corrected chi connectivity index (χ2v) is 39.3. The van der Waals surface area contributed by atoms with Gasteiger partial charge in [-0.25, -0.2) is 67.3 Å². The molecule has 5 fully saturated rings. The molecule has 0 aromatic heterocycles. The summed E-state index contributed by atoms with van der Waals surface area (Å²) in [7, 11) is -106. The Balaban J connectivity index is 2.02. The van der Waals surface area contributed by atoms with Gasteiger partial charge in [0, 0.05) is 0 Å². The molecule has 0 saturated carbocycles. The first kappa shape index (κ1) is 108. The third-order valence-corrected chi connectivity index (χ3v) is 21.0. The average molecular weight is 2110 g/mol. The molecule has 0 radical (unpaired) electrons.